The number of hydrogen-bond acceptors (Lipinski definition) is 2. The van der Waals surface area contributed by atoms with Crippen LogP contribution < -0.4 is 5.32 Å². The van der Waals surface area contributed by atoms with Crippen LogP contribution in [-0.2, 0) is 4.74 Å². The van der Waals surface area contributed by atoms with Gasteiger partial charge in [0, 0.05) is 18.7 Å². The van der Waals surface area contributed by atoms with E-state index < -0.39 is 0 Å². The Balaban J connectivity index is 2.14. The highest BCUT2D eigenvalue weighted by Crippen LogP contribution is 2.27. The lowest BCUT2D eigenvalue weighted by Crippen LogP contribution is -2.41. The molecule has 1 rings (SSSR count). The summed E-state index contributed by atoms with van der Waals surface area (Å²) in [4.78, 5) is 0. The first-order chi connectivity index (χ1) is 6.74. The molecule has 0 heterocycles. The van der Waals surface area contributed by atoms with E-state index >= 15 is 0 Å². The Morgan fingerprint density at radius 1 is 1.29 bits per heavy atom. The molecule has 0 aromatic rings. The monoisotopic (exact) mass is 199 g/mol. The van der Waals surface area contributed by atoms with Crippen molar-refractivity contribution in [2.75, 3.05) is 13.2 Å². The van der Waals surface area contributed by atoms with Crippen LogP contribution in [0.1, 0.15) is 46.5 Å². The number of rotatable bonds is 6. The van der Waals surface area contributed by atoms with Crippen molar-refractivity contribution in [2.24, 2.45) is 5.92 Å². The molecule has 2 atom stereocenters. The Labute approximate surface area is 88.4 Å². The fourth-order valence-corrected chi connectivity index (χ4v) is 2.38. The second-order valence-corrected chi connectivity index (χ2v) is 4.56. The van der Waals surface area contributed by atoms with Crippen LogP contribution >= 0.6 is 0 Å². The summed E-state index contributed by atoms with van der Waals surface area (Å²) >= 11 is 0. The molecule has 14 heavy (non-hydrogen) atoms. The largest absolute Gasteiger partial charge is 0.380 e. The lowest BCUT2D eigenvalue weighted by atomic mass is 9.99. The van der Waals surface area contributed by atoms with Gasteiger partial charge in [0.05, 0.1) is 6.61 Å². The maximum atomic E-state index is 5.40. The van der Waals surface area contributed by atoms with Crippen molar-refractivity contribution < 1.29 is 4.74 Å². The van der Waals surface area contributed by atoms with Gasteiger partial charge in [-0.05, 0) is 39.5 Å². The first-order valence-electron chi connectivity index (χ1n) is 6.07. The first kappa shape index (κ1) is 12.0. The van der Waals surface area contributed by atoms with Gasteiger partial charge in [-0.25, -0.2) is 0 Å². The predicted molar refractivity (Wildman–Crippen MR) is 60.5 cm³/mol. The molecule has 2 nitrogen and oxygen atoms in total. The van der Waals surface area contributed by atoms with Gasteiger partial charge in [-0.1, -0.05) is 12.8 Å². The minimum atomic E-state index is 0.491. The highest BCUT2D eigenvalue weighted by molar-refractivity contribution is 4.79. The topological polar surface area (TPSA) is 21.3 Å². The highest BCUT2D eigenvalue weighted by atomic mass is 16.5. The summed E-state index contributed by atoms with van der Waals surface area (Å²) in [6.45, 7) is 8.24. The van der Waals surface area contributed by atoms with Gasteiger partial charge in [0.15, 0.2) is 0 Å². The fraction of sp³-hybridized carbons (Fsp3) is 1.00. The van der Waals surface area contributed by atoms with Crippen LogP contribution in [0.15, 0.2) is 0 Å². The molecule has 0 spiro atoms. The van der Waals surface area contributed by atoms with Crippen molar-refractivity contribution in [3.8, 4) is 0 Å². The van der Waals surface area contributed by atoms with Gasteiger partial charge in [-0.2, -0.15) is 0 Å². The zero-order valence-electron chi connectivity index (χ0n) is 9.88. The molecule has 2 unspecified atom stereocenters. The van der Waals surface area contributed by atoms with Gasteiger partial charge in [0.25, 0.3) is 0 Å². The van der Waals surface area contributed by atoms with Crippen molar-refractivity contribution in [2.45, 2.75) is 58.5 Å². The minimum absolute atomic E-state index is 0.491. The first-order valence-corrected chi connectivity index (χ1v) is 6.07. The molecule has 1 N–H and O–H groups in total. The van der Waals surface area contributed by atoms with Crippen LogP contribution in [0.25, 0.3) is 0 Å². The van der Waals surface area contributed by atoms with Gasteiger partial charge >= 0.3 is 0 Å². The number of hydrogen-bond donors (Lipinski definition) is 1. The van der Waals surface area contributed by atoms with Gasteiger partial charge in [-0.3, -0.25) is 0 Å². The smallest absolute Gasteiger partial charge is 0.0616 e. The highest BCUT2D eigenvalue weighted by Gasteiger charge is 2.22. The van der Waals surface area contributed by atoms with E-state index in [9.17, 15) is 0 Å². The maximum absolute atomic E-state index is 5.40. The van der Waals surface area contributed by atoms with E-state index in [1.54, 1.807) is 0 Å². The van der Waals surface area contributed by atoms with Crippen molar-refractivity contribution in [3.05, 3.63) is 0 Å². The lowest BCUT2D eigenvalue weighted by Gasteiger charge is -2.24. The molecule has 1 saturated carbocycles. The van der Waals surface area contributed by atoms with Crippen LogP contribution in [0.2, 0.25) is 0 Å². The Bertz CT molecular complexity index is 143. The van der Waals surface area contributed by atoms with E-state index in [1.807, 2.05) is 6.92 Å². The molecular formula is C12H25NO. The number of nitrogens with one attached hydrogen (secondary N) is 1. The van der Waals surface area contributed by atoms with E-state index in [0.29, 0.717) is 12.1 Å². The van der Waals surface area contributed by atoms with E-state index in [2.05, 4.69) is 19.2 Å². The number of ether oxygens (including phenoxy) is 1. The molecule has 0 aromatic heterocycles. The SMILES string of the molecule is CCOCC(C)NC(C)C1CCCC1. The zero-order valence-corrected chi connectivity index (χ0v) is 9.88. The second-order valence-electron chi connectivity index (χ2n) is 4.56. The standard InChI is InChI=1S/C12H25NO/c1-4-14-9-10(2)13-11(3)12-7-5-6-8-12/h10-13H,4-9H2,1-3H3. The molecule has 0 aromatic carbocycles. The Hall–Kier alpha value is -0.0800. The molecule has 0 radical (unpaired) electrons. The molecule has 0 saturated heterocycles. The summed E-state index contributed by atoms with van der Waals surface area (Å²) in [6, 6.07) is 1.15. The van der Waals surface area contributed by atoms with Gasteiger partial charge < -0.3 is 10.1 Å². The van der Waals surface area contributed by atoms with Crippen molar-refractivity contribution in [1.82, 2.24) is 5.32 Å². The Morgan fingerprint density at radius 2 is 1.93 bits per heavy atom. The molecule has 1 aliphatic rings. The molecule has 1 aliphatic carbocycles. The lowest BCUT2D eigenvalue weighted by molar-refractivity contribution is 0.121. The van der Waals surface area contributed by atoms with Crippen molar-refractivity contribution in [1.29, 1.82) is 0 Å². The fourth-order valence-electron chi connectivity index (χ4n) is 2.38. The molecule has 0 amide bonds. The van der Waals surface area contributed by atoms with Gasteiger partial charge in [0.2, 0.25) is 0 Å². The van der Waals surface area contributed by atoms with E-state index in [-0.39, 0.29) is 0 Å². The van der Waals surface area contributed by atoms with Crippen molar-refractivity contribution in [3.63, 3.8) is 0 Å². The summed E-state index contributed by atoms with van der Waals surface area (Å²) in [6.07, 6.45) is 5.68. The quantitative estimate of drug-likeness (QED) is 0.710. The van der Waals surface area contributed by atoms with Crippen LogP contribution in [-0.4, -0.2) is 25.3 Å². The predicted octanol–water partition coefficient (Wildman–Crippen LogP) is 2.58. The van der Waals surface area contributed by atoms with Crippen LogP contribution in [0.5, 0.6) is 0 Å². The molecule has 1 fully saturated rings. The molecule has 2 heteroatoms. The normalized spacial score (nSPS) is 22.5. The van der Waals surface area contributed by atoms with Crippen LogP contribution in [0, 0.1) is 5.92 Å². The molecule has 0 bridgehead atoms. The van der Waals surface area contributed by atoms with Crippen LogP contribution in [0.3, 0.4) is 0 Å². The molecule has 84 valence electrons. The van der Waals surface area contributed by atoms with E-state index in [4.69, 9.17) is 4.74 Å². The molecule has 0 aliphatic heterocycles. The van der Waals surface area contributed by atoms with Crippen LogP contribution in [0.4, 0.5) is 0 Å². The summed E-state index contributed by atoms with van der Waals surface area (Å²) in [5.74, 6) is 0.902. The third-order valence-electron chi connectivity index (χ3n) is 3.23. The third kappa shape index (κ3) is 3.97. The van der Waals surface area contributed by atoms with Gasteiger partial charge in [-0.15, -0.1) is 0 Å². The Morgan fingerprint density at radius 3 is 2.50 bits per heavy atom. The minimum Gasteiger partial charge on any atom is -0.380 e. The Kier molecular flexibility index (Phi) is 5.49. The van der Waals surface area contributed by atoms with E-state index in [1.165, 1.54) is 25.7 Å². The van der Waals surface area contributed by atoms with Crippen molar-refractivity contribution >= 4 is 0 Å². The second kappa shape index (κ2) is 6.41. The third-order valence-corrected chi connectivity index (χ3v) is 3.23. The zero-order chi connectivity index (χ0) is 10.4. The summed E-state index contributed by atoms with van der Waals surface area (Å²) in [5.41, 5.74) is 0. The van der Waals surface area contributed by atoms with E-state index in [0.717, 1.165) is 19.1 Å². The average Bonchev–Trinajstić information content (AvgIpc) is 2.67. The summed E-state index contributed by atoms with van der Waals surface area (Å²) < 4.78 is 5.40. The maximum Gasteiger partial charge on any atom is 0.0616 e. The summed E-state index contributed by atoms with van der Waals surface area (Å²) in [5, 5.41) is 3.63. The summed E-state index contributed by atoms with van der Waals surface area (Å²) in [7, 11) is 0. The van der Waals surface area contributed by atoms with Gasteiger partial charge in [0.1, 0.15) is 0 Å². The molecular weight excluding hydrogens is 174 g/mol. The average molecular weight is 199 g/mol.